The van der Waals surface area contributed by atoms with Gasteiger partial charge in [0.2, 0.25) is 0 Å². The third-order valence-corrected chi connectivity index (χ3v) is 2.75. The summed E-state index contributed by atoms with van der Waals surface area (Å²) in [5, 5.41) is 26.8. The molecule has 4 nitrogen and oxygen atoms in total. The summed E-state index contributed by atoms with van der Waals surface area (Å²) in [4.78, 5) is 0. The van der Waals surface area contributed by atoms with Crippen LogP contribution < -0.4 is 0 Å². The minimum atomic E-state index is -0.0108. The molecule has 0 heterocycles. The molecular formula is C12H8Cl2N2O2. The van der Waals surface area contributed by atoms with E-state index in [1.807, 2.05) is 0 Å². The topological polar surface area (TPSA) is 65.2 Å². The summed E-state index contributed by atoms with van der Waals surface area (Å²) in [7, 11) is 0. The number of hydrogen-bond acceptors (Lipinski definition) is 4. The first-order valence-electron chi connectivity index (χ1n) is 4.95. The highest BCUT2D eigenvalue weighted by molar-refractivity contribution is 6.32. The molecule has 2 rings (SSSR count). The van der Waals surface area contributed by atoms with Gasteiger partial charge in [-0.15, -0.1) is 0 Å². The van der Waals surface area contributed by atoms with E-state index in [1.165, 1.54) is 24.3 Å². The van der Waals surface area contributed by atoms with Gasteiger partial charge in [0.15, 0.2) is 0 Å². The number of hydrogen-bond donors (Lipinski definition) is 2. The summed E-state index contributed by atoms with van der Waals surface area (Å²) in [5.41, 5.74) is 1.00. The maximum Gasteiger partial charge on any atom is 0.134 e. The fraction of sp³-hybridized carbons (Fsp3) is 0. The monoisotopic (exact) mass is 282 g/mol. The van der Waals surface area contributed by atoms with Gasteiger partial charge in [0, 0.05) is 0 Å². The molecular weight excluding hydrogens is 275 g/mol. The molecule has 0 aliphatic rings. The molecule has 0 radical (unpaired) electrons. The van der Waals surface area contributed by atoms with Gasteiger partial charge >= 0.3 is 0 Å². The maximum atomic E-state index is 9.25. The first kappa shape index (κ1) is 12.7. The zero-order chi connectivity index (χ0) is 13.1. The molecule has 92 valence electrons. The molecule has 2 aromatic rings. The van der Waals surface area contributed by atoms with E-state index < -0.39 is 0 Å². The summed E-state index contributed by atoms with van der Waals surface area (Å²) in [5.74, 6) is -0.0217. The first-order valence-corrected chi connectivity index (χ1v) is 5.70. The average molecular weight is 283 g/mol. The van der Waals surface area contributed by atoms with Crippen LogP contribution in [0.3, 0.4) is 0 Å². The second-order valence-corrected chi connectivity index (χ2v) is 4.29. The zero-order valence-electron chi connectivity index (χ0n) is 9.01. The standard InChI is InChI=1S/C12H8Cl2N2O2/c13-9-5-7(1-3-11(9)17)15-16-8-2-4-12(18)10(14)6-8/h1-6,17-18H. The number of aromatic hydroxyl groups is 2. The SMILES string of the molecule is Oc1ccc(N=Nc2ccc(O)c(Cl)c2)cc1Cl. The maximum absolute atomic E-state index is 9.25. The van der Waals surface area contributed by atoms with Crippen LogP contribution in [-0.4, -0.2) is 10.2 Å². The second-order valence-electron chi connectivity index (χ2n) is 3.47. The van der Waals surface area contributed by atoms with E-state index in [1.54, 1.807) is 12.1 Å². The fourth-order valence-electron chi connectivity index (χ4n) is 1.23. The van der Waals surface area contributed by atoms with Crippen LogP contribution in [0.15, 0.2) is 46.6 Å². The van der Waals surface area contributed by atoms with Gasteiger partial charge in [0.05, 0.1) is 21.4 Å². The van der Waals surface area contributed by atoms with Gasteiger partial charge in [-0.1, -0.05) is 23.2 Å². The minimum absolute atomic E-state index is 0.0108. The second kappa shape index (κ2) is 5.25. The Morgan fingerprint density at radius 2 is 1.11 bits per heavy atom. The van der Waals surface area contributed by atoms with Crippen molar-refractivity contribution in [1.82, 2.24) is 0 Å². The molecule has 0 unspecified atom stereocenters. The fourth-order valence-corrected chi connectivity index (χ4v) is 1.58. The lowest BCUT2D eigenvalue weighted by Gasteiger charge is -1.98. The highest BCUT2D eigenvalue weighted by Gasteiger charge is 2.00. The van der Waals surface area contributed by atoms with Crippen molar-refractivity contribution in [1.29, 1.82) is 0 Å². The van der Waals surface area contributed by atoms with Gasteiger partial charge < -0.3 is 10.2 Å². The van der Waals surface area contributed by atoms with E-state index in [0.29, 0.717) is 11.4 Å². The molecule has 0 fully saturated rings. The number of azo groups is 1. The lowest BCUT2D eigenvalue weighted by molar-refractivity contribution is 0.475. The van der Waals surface area contributed by atoms with Crippen LogP contribution in [-0.2, 0) is 0 Å². The van der Waals surface area contributed by atoms with Crippen molar-refractivity contribution in [2.24, 2.45) is 10.2 Å². The molecule has 0 bridgehead atoms. The van der Waals surface area contributed by atoms with Crippen LogP contribution in [0, 0.1) is 0 Å². The Hall–Kier alpha value is -1.78. The van der Waals surface area contributed by atoms with Crippen molar-refractivity contribution in [3.8, 4) is 11.5 Å². The van der Waals surface area contributed by atoms with E-state index in [-0.39, 0.29) is 21.5 Å². The van der Waals surface area contributed by atoms with Crippen molar-refractivity contribution in [3.63, 3.8) is 0 Å². The van der Waals surface area contributed by atoms with Crippen molar-refractivity contribution < 1.29 is 10.2 Å². The van der Waals surface area contributed by atoms with Crippen molar-refractivity contribution in [3.05, 3.63) is 46.4 Å². The summed E-state index contributed by atoms with van der Waals surface area (Å²) >= 11 is 11.5. The lowest BCUT2D eigenvalue weighted by Crippen LogP contribution is -1.70. The van der Waals surface area contributed by atoms with Crippen molar-refractivity contribution in [2.45, 2.75) is 0 Å². The van der Waals surface area contributed by atoms with Crippen LogP contribution >= 0.6 is 23.2 Å². The number of benzene rings is 2. The summed E-state index contributed by atoms with van der Waals surface area (Å²) in [6.45, 7) is 0. The van der Waals surface area contributed by atoms with Crippen LogP contribution in [0.2, 0.25) is 10.0 Å². The predicted molar refractivity (Wildman–Crippen MR) is 70.4 cm³/mol. The molecule has 18 heavy (non-hydrogen) atoms. The molecule has 0 atom stereocenters. The molecule has 0 amide bonds. The van der Waals surface area contributed by atoms with Gasteiger partial charge in [-0.05, 0) is 36.4 Å². The predicted octanol–water partition coefficient (Wildman–Crippen LogP) is 4.82. The van der Waals surface area contributed by atoms with Crippen molar-refractivity contribution in [2.75, 3.05) is 0 Å². The van der Waals surface area contributed by atoms with E-state index >= 15 is 0 Å². The summed E-state index contributed by atoms with van der Waals surface area (Å²) in [6.07, 6.45) is 0. The Morgan fingerprint density at radius 3 is 1.44 bits per heavy atom. The van der Waals surface area contributed by atoms with Gasteiger partial charge in [-0.2, -0.15) is 10.2 Å². The lowest BCUT2D eigenvalue weighted by atomic mass is 10.3. The van der Waals surface area contributed by atoms with E-state index in [9.17, 15) is 10.2 Å². The van der Waals surface area contributed by atoms with Crippen LogP contribution in [0.5, 0.6) is 11.5 Å². The van der Waals surface area contributed by atoms with Crippen molar-refractivity contribution >= 4 is 34.6 Å². The zero-order valence-corrected chi connectivity index (χ0v) is 10.5. The summed E-state index contributed by atoms with van der Waals surface area (Å²) < 4.78 is 0. The Labute approximate surface area is 113 Å². The number of phenolic OH excluding ortho intramolecular Hbond substituents is 2. The van der Waals surface area contributed by atoms with Crippen LogP contribution in [0.4, 0.5) is 11.4 Å². The molecule has 2 N–H and O–H groups in total. The van der Waals surface area contributed by atoms with Gasteiger partial charge in [-0.3, -0.25) is 0 Å². The summed E-state index contributed by atoms with van der Waals surface area (Å²) in [6, 6.07) is 8.99. The van der Waals surface area contributed by atoms with Crippen LogP contribution in [0.25, 0.3) is 0 Å². The highest BCUT2D eigenvalue weighted by Crippen LogP contribution is 2.30. The Kier molecular flexibility index (Phi) is 3.69. The smallest absolute Gasteiger partial charge is 0.134 e. The third kappa shape index (κ3) is 2.91. The van der Waals surface area contributed by atoms with E-state index in [2.05, 4.69) is 10.2 Å². The average Bonchev–Trinajstić information content (AvgIpc) is 2.35. The number of halogens is 2. The minimum Gasteiger partial charge on any atom is -0.506 e. The number of phenols is 2. The number of rotatable bonds is 2. The van der Waals surface area contributed by atoms with Gasteiger partial charge in [-0.25, -0.2) is 0 Å². The molecule has 0 spiro atoms. The molecule has 0 saturated heterocycles. The molecule has 0 aliphatic carbocycles. The highest BCUT2D eigenvalue weighted by atomic mass is 35.5. The molecule has 6 heteroatoms. The third-order valence-electron chi connectivity index (χ3n) is 2.14. The Morgan fingerprint density at radius 1 is 0.722 bits per heavy atom. The number of nitrogens with zero attached hydrogens (tertiary/aromatic N) is 2. The first-order chi connectivity index (χ1) is 8.56. The van der Waals surface area contributed by atoms with E-state index in [4.69, 9.17) is 23.2 Å². The van der Waals surface area contributed by atoms with Crippen LogP contribution in [0.1, 0.15) is 0 Å². The van der Waals surface area contributed by atoms with E-state index in [0.717, 1.165) is 0 Å². The largest absolute Gasteiger partial charge is 0.506 e. The Balaban J connectivity index is 2.24. The van der Waals surface area contributed by atoms with Gasteiger partial charge in [0.25, 0.3) is 0 Å². The van der Waals surface area contributed by atoms with Gasteiger partial charge in [0.1, 0.15) is 11.5 Å². The Bertz CT molecular complexity index is 562. The molecule has 0 saturated carbocycles. The quantitative estimate of drug-likeness (QED) is 0.776. The normalized spacial score (nSPS) is 11.0. The molecule has 0 aromatic heterocycles. The molecule has 2 aromatic carbocycles. The molecule has 0 aliphatic heterocycles.